The number of carbonyl (C=O) groups is 1. The van der Waals surface area contributed by atoms with Crippen molar-refractivity contribution in [2.24, 2.45) is 5.92 Å². The lowest BCUT2D eigenvalue weighted by molar-refractivity contribution is 0.0459. The molecule has 1 fully saturated rings. The molecule has 1 aromatic carbocycles. The van der Waals surface area contributed by atoms with Gasteiger partial charge in [-0.1, -0.05) is 0 Å². The molecule has 0 radical (unpaired) electrons. The molecule has 0 aliphatic carbocycles. The summed E-state index contributed by atoms with van der Waals surface area (Å²) in [6.45, 7) is 1.20. The lowest BCUT2D eigenvalue weighted by atomic mass is 9.92. The normalized spacial score (nSPS) is 18.4. The van der Waals surface area contributed by atoms with Gasteiger partial charge in [-0.15, -0.1) is 0 Å². The molecule has 110 valence electrons. The fourth-order valence-electron chi connectivity index (χ4n) is 2.39. The van der Waals surface area contributed by atoms with E-state index in [0.717, 1.165) is 19.4 Å². The monoisotopic (exact) mass is 280 g/mol. The lowest BCUT2D eigenvalue weighted by Crippen LogP contribution is -2.25. The van der Waals surface area contributed by atoms with Gasteiger partial charge in [0.2, 0.25) is 0 Å². The van der Waals surface area contributed by atoms with Crippen LogP contribution in [-0.4, -0.2) is 40.3 Å². The van der Waals surface area contributed by atoms with Crippen molar-refractivity contribution >= 4 is 5.78 Å². The zero-order chi connectivity index (χ0) is 14.5. The number of hydrogen-bond donors (Lipinski definition) is 0. The highest BCUT2D eigenvalue weighted by Crippen LogP contribution is 2.36. The second kappa shape index (κ2) is 6.61. The van der Waals surface area contributed by atoms with Gasteiger partial charge in [-0.25, -0.2) is 0 Å². The van der Waals surface area contributed by atoms with Crippen LogP contribution in [0.2, 0.25) is 0 Å². The molecule has 0 saturated carbocycles. The average Bonchev–Trinajstić information content (AvgIpc) is 2.53. The number of carbonyl (C=O) groups excluding carboxylic acids is 1. The van der Waals surface area contributed by atoms with Gasteiger partial charge in [0.1, 0.15) is 5.75 Å². The highest BCUT2D eigenvalue weighted by molar-refractivity contribution is 6.01. The molecule has 1 aliphatic rings. The van der Waals surface area contributed by atoms with Crippen molar-refractivity contribution in [3.05, 3.63) is 17.7 Å². The number of ketones is 1. The third-order valence-corrected chi connectivity index (χ3v) is 3.50. The molecule has 0 aromatic heterocycles. The lowest BCUT2D eigenvalue weighted by Gasteiger charge is -2.22. The second-order valence-corrected chi connectivity index (χ2v) is 4.69. The Morgan fingerprint density at radius 3 is 2.30 bits per heavy atom. The van der Waals surface area contributed by atoms with Crippen molar-refractivity contribution in [3.63, 3.8) is 0 Å². The fourth-order valence-corrected chi connectivity index (χ4v) is 2.39. The van der Waals surface area contributed by atoms with Crippen molar-refractivity contribution in [1.82, 2.24) is 0 Å². The van der Waals surface area contributed by atoms with Gasteiger partial charge in [-0.05, 0) is 18.9 Å². The van der Waals surface area contributed by atoms with Crippen LogP contribution in [0.25, 0.3) is 0 Å². The van der Waals surface area contributed by atoms with Crippen LogP contribution in [0, 0.1) is 5.92 Å². The van der Waals surface area contributed by atoms with Gasteiger partial charge in [0.05, 0.1) is 33.5 Å². The van der Waals surface area contributed by atoms with E-state index in [2.05, 4.69) is 0 Å². The van der Waals surface area contributed by atoms with Crippen LogP contribution in [-0.2, 0) is 4.74 Å². The van der Waals surface area contributed by atoms with E-state index in [0.29, 0.717) is 29.4 Å². The molecule has 1 heterocycles. The molecule has 0 bridgehead atoms. The Kier molecular flexibility index (Phi) is 4.84. The largest absolute Gasteiger partial charge is 0.496 e. The summed E-state index contributed by atoms with van der Waals surface area (Å²) in [5.74, 6) is 1.48. The highest BCUT2D eigenvalue weighted by Gasteiger charge is 2.27. The molecule has 0 spiro atoms. The van der Waals surface area contributed by atoms with E-state index < -0.39 is 0 Å². The third kappa shape index (κ3) is 2.88. The quantitative estimate of drug-likeness (QED) is 0.775. The predicted octanol–water partition coefficient (Wildman–Crippen LogP) is 2.32. The summed E-state index contributed by atoms with van der Waals surface area (Å²) in [4.78, 5) is 12.6. The topological polar surface area (TPSA) is 54.0 Å². The zero-order valence-corrected chi connectivity index (χ0v) is 12.1. The molecule has 5 heteroatoms. The summed E-state index contributed by atoms with van der Waals surface area (Å²) in [6, 6.07) is 3.35. The van der Waals surface area contributed by atoms with E-state index in [4.69, 9.17) is 18.9 Å². The first-order valence-corrected chi connectivity index (χ1v) is 6.63. The second-order valence-electron chi connectivity index (χ2n) is 4.69. The molecule has 20 heavy (non-hydrogen) atoms. The minimum atomic E-state index is -0.115. The minimum absolute atomic E-state index is 0.0301. The highest BCUT2D eigenvalue weighted by atomic mass is 16.5. The number of Topliss-reactive ketones (excluding diaryl/α,β-unsaturated/α-hetero) is 1. The maximum Gasteiger partial charge on any atom is 0.172 e. The number of ether oxygens (including phenoxy) is 4. The van der Waals surface area contributed by atoms with Gasteiger partial charge in [-0.3, -0.25) is 4.79 Å². The van der Waals surface area contributed by atoms with E-state index in [1.807, 2.05) is 0 Å². The van der Waals surface area contributed by atoms with Crippen molar-refractivity contribution in [3.8, 4) is 17.2 Å². The molecule has 1 aromatic rings. The van der Waals surface area contributed by atoms with Gasteiger partial charge in [0, 0.05) is 18.6 Å². The van der Waals surface area contributed by atoms with Crippen LogP contribution in [0.1, 0.15) is 23.2 Å². The van der Waals surface area contributed by atoms with E-state index in [9.17, 15) is 4.79 Å². The first-order chi connectivity index (χ1) is 9.71. The molecule has 1 unspecified atom stereocenters. The first-order valence-electron chi connectivity index (χ1n) is 6.63. The first kappa shape index (κ1) is 14.7. The Morgan fingerprint density at radius 2 is 1.75 bits per heavy atom. The molecule has 1 atom stereocenters. The summed E-state index contributed by atoms with van der Waals surface area (Å²) in [5, 5.41) is 0. The van der Waals surface area contributed by atoms with Crippen molar-refractivity contribution < 1.29 is 23.7 Å². The molecule has 0 N–H and O–H groups in total. The SMILES string of the molecule is COc1cc(OC)c(C(=O)C2CCCOC2)cc1OC. The molecular formula is C15H20O5. The van der Waals surface area contributed by atoms with Gasteiger partial charge >= 0.3 is 0 Å². The summed E-state index contributed by atoms with van der Waals surface area (Å²) in [6.07, 6.45) is 1.75. The Bertz CT molecular complexity index is 477. The van der Waals surface area contributed by atoms with Gasteiger partial charge < -0.3 is 18.9 Å². The van der Waals surface area contributed by atoms with Crippen LogP contribution < -0.4 is 14.2 Å². The average molecular weight is 280 g/mol. The molecule has 0 amide bonds. The molecule has 5 nitrogen and oxygen atoms in total. The number of rotatable bonds is 5. The number of methoxy groups -OCH3 is 3. The fraction of sp³-hybridized carbons (Fsp3) is 0.533. The van der Waals surface area contributed by atoms with E-state index in [1.54, 1.807) is 26.4 Å². The van der Waals surface area contributed by atoms with E-state index in [1.165, 1.54) is 7.11 Å². The van der Waals surface area contributed by atoms with Gasteiger partial charge in [0.25, 0.3) is 0 Å². The number of hydrogen-bond acceptors (Lipinski definition) is 5. The molecule has 1 saturated heterocycles. The van der Waals surface area contributed by atoms with Gasteiger partial charge in [0.15, 0.2) is 17.3 Å². The predicted molar refractivity (Wildman–Crippen MR) is 74.0 cm³/mol. The summed E-state index contributed by atoms with van der Waals surface area (Å²) in [7, 11) is 4.63. The van der Waals surface area contributed by atoms with Crippen molar-refractivity contribution in [1.29, 1.82) is 0 Å². The Labute approximate surface area is 118 Å². The van der Waals surface area contributed by atoms with Crippen molar-refractivity contribution in [2.45, 2.75) is 12.8 Å². The van der Waals surface area contributed by atoms with Crippen molar-refractivity contribution in [2.75, 3.05) is 34.5 Å². The molecule has 1 aliphatic heterocycles. The summed E-state index contributed by atoms with van der Waals surface area (Å²) >= 11 is 0. The van der Waals surface area contributed by atoms with Crippen LogP contribution in [0.4, 0.5) is 0 Å². The van der Waals surface area contributed by atoms with Crippen LogP contribution in [0.15, 0.2) is 12.1 Å². The minimum Gasteiger partial charge on any atom is -0.496 e. The maximum absolute atomic E-state index is 12.6. The standard InChI is InChI=1S/C15H20O5/c1-17-12-8-14(19-3)13(18-2)7-11(12)15(16)10-5-4-6-20-9-10/h7-8,10H,4-6,9H2,1-3H3. The van der Waals surface area contributed by atoms with Gasteiger partial charge in [-0.2, -0.15) is 0 Å². The Hall–Kier alpha value is -1.75. The number of benzene rings is 1. The molecular weight excluding hydrogens is 260 g/mol. The van der Waals surface area contributed by atoms with Crippen LogP contribution >= 0.6 is 0 Å². The van der Waals surface area contributed by atoms with Crippen LogP contribution in [0.5, 0.6) is 17.2 Å². The summed E-state index contributed by atoms with van der Waals surface area (Å²) in [5.41, 5.74) is 0.514. The Balaban J connectivity index is 2.35. The maximum atomic E-state index is 12.6. The molecule has 2 rings (SSSR count). The van der Waals surface area contributed by atoms with Crippen LogP contribution in [0.3, 0.4) is 0 Å². The third-order valence-electron chi connectivity index (χ3n) is 3.50. The smallest absolute Gasteiger partial charge is 0.172 e. The van der Waals surface area contributed by atoms with E-state index in [-0.39, 0.29) is 11.7 Å². The van der Waals surface area contributed by atoms with E-state index >= 15 is 0 Å². The Morgan fingerprint density at radius 1 is 1.10 bits per heavy atom. The zero-order valence-electron chi connectivity index (χ0n) is 12.1. The summed E-state index contributed by atoms with van der Waals surface area (Å²) < 4.78 is 21.2.